The second-order valence-corrected chi connectivity index (χ2v) is 5.57. The molecule has 1 aromatic rings. The second kappa shape index (κ2) is 4.23. The summed E-state index contributed by atoms with van der Waals surface area (Å²) in [5.41, 5.74) is 0.457. The van der Waals surface area contributed by atoms with Crippen molar-refractivity contribution in [2.75, 3.05) is 0 Å². The number of halogens is 1. The molecule has 0 radical (unpaired) electrons. The zero-order valence-electron chi connectivity index (χ0n) is 10.7. The first-order valence-corrected chi connectivity index (χ1v) is 6.81. The number of rotatable bonds is 1. The first-order valence-electron chi connectivity index (χ1n) is 6.81. The third-order valence-electron chi connectivity index (χ3n) is 4.58. The van der Waals surface area contributed by atoms with Crippen LogP contribution >= 0.6 is 0 Å². The zero-order chi connectivity index (χ0) is 12.8. The topological polar surface area (TPSA) is 29.5 Å². The van der Waals surface area contributed by atoms with Crippen LogP contribution < -0.4 is 4.74 Å². The predicted octanol–water partition coefficient (Wildman–Crippen LogP) is 3.59. The molecule has 2 aliphatic rings. The second-order valence-electron chi connectivity index (χ2n) is 5.57. The van der Waals surface area contributed by atoms with Crippen LogP contribution in [-0.2, 0) is 0 Å². The molecule has 0 saturated heterocycles. The van der Waals surface area contributed by atoms with Gasteiger partial charge in [0.25, 0.3) is 0 Å². The lowest BCUT2D eigenvalue weighted by Crippen LogP contribution is -2.44. The van der Waals surface area contributed by atoms with Crippen molar-refractivity contribution in [3.05, 3.63) is 29.6 Å². The summed E-state index contributed by atoms with van der Waals surface area (Å²) >= 11 is 0. The van der Waals surface area contributed by atoms with Crippen LogP contribution in [0.4, 0.5) is 4.39 Å². The first kappa shape index (κ1) is 12.0. The smallest absolute Gasteiger partial charge is 0.128 e. The molecule has 1 aliphatic heterocycles. The molecule has 0 aromatic heterocycles. The van der Waals surface area contributed by atoms with Crippen LogP contribution in [0.1, 0.15) is 50.7 Å². The Morgan fingerprint density at radius 1 is 1.50 bits per heavy atom. The Hall–Kier alpha value is -1.09. The number of ether oxygens (including phenoxy) is 1. The number of hydrogen-bond acceptors (Lipinski definition) is 2. The quantitative estimate of drug-likeness (QED) is 0.825. The van der Waals surface area contributed by atoms with Gasteiger partial charge in [0.15, 0.2) is 0 Å². The van der Waals surface area contributed by atoms with Crippen LogP contribution in [0.25, 0.3) is 0 Å². The van der Waals surface area contributed by atoms with E-state index in [1.807, 2.05) is 0 Å². The third kappa shape index (κ3) is 1.72. The number of benzene rings is 1. The summed E-state index contributed by atoms with van der Waals surface area (Å²) in [6, 6.07) is 4.43. The van der Waals surface area contributed by atoms with Crippen LogP contribution in [0.5, 0.6) is 5.75 Å². The lowest BCUT2D eigenvalue weighted by Gasteiger charge is -2.42. The van der Waals surface area contributed by atoms with Gasteiger partial charge in [0.2, 0.25) is 0 Å². The molecular formula is C15H19FO2. The van der Waals surface area contributed by atoms with Crippen LogP contribution in [0.2, 0.25) is 0 Å². The maximum absolute atomic E-state index is 13.3. The Morgan fingerprint density at radius 2 is 2.33 bits per heavy atom. The standard InChI is InChI=1S/C15H19FO2/c1-2-10-4-3-7-15(10)9-13(17)12-6-5-11(16)8-14(12)18-15/h5-6,8,10,13,17H,2-4,7,9H2,1H3/t10?,13-,15?/m0/s1. The van der Waals surface area contributed by atoms with Gasteiger partial charge in [-0.15, -0.1) is 0 Å². The Balaban J connectivity index is 1.99. The molecule has 1 fully saturated rings. The maximum Gasteiger partial charge on any atom is 0.128 e. The van der Waals surface area contributed by atoms with E-state index in [1.165, 1.54) is 12.1 Å². The molecule has 1 heterocycles. The Labute approximate surface area is 107 Å². The monoisotopic (exact) mass is 250 g/mol. The van der Waals surface area contributed by atoms with Crippen LogP contribution in [-0.4, -0.2) is 10.7 Å². The van der Waals surface area contributed by atoms with Crippen molar-refractivity contribution in [1.29, 1.82) is 0 Å². The normalized spacial score (nSPS) is 34.4. The van der Waals surface area contributed by atoms with E-state index in [-0.39, 0.29) is 11.4 Å². The largest absolute Gasteiger partial charge is 0.486 e. The van der Waals surface area contributed by atoms with Gasteiger partial charge < -0.3 is 9.84 Å². The van der Waals surface area contributed by atoms with E-state index in [2.05, 4.69) is 6.92 Å². The molecule has 98 valence electrons. The van der Waals surface area contributed by atoms with Gasteiger partial charge in [0, 0.05) is 18.1 Å². The predicted molar refractivity (Wildman–Crippen MR) is 67.0 cm³/mol. The average Bonchev–Trinajstić information content (AvgIpc) is 2.70. The summed E-state index contributed by atoms with van der Waals surface area (Å²) in [5, 5.41) is 10.3. The lowest BCUT2D eigenvalue weighted by molar-refractivity contribution is -0.0413. The fourth-order valence-electron chi connectivity index (χ4n) is 3.66. The van der Waals surface area contributed by atoms with Gasteiger partial charge in [0.05, 0.1) is 6.10 Å². The van der Waals surface area contributed by atoms with Gasteiger partial charge in [-0.05, 0) is 43.7 Å². The van der Waals surface area contributed by atoms with Gasteiger partial charge >= 0.3 is 0 Å². The van der Waals surface area contributed by atoms with Crippen LogP contribution in [0.3, 0.4) is 0 Å². The van der Waals surface area contributed by atoms with Crippen molar-refractivity contribution in [3.63, 3.8) is 0 Å². The van der Waals surface area contributed by atoms with Crippen molar-refractivity contribution in [2.24, 2.45) is 5.92 Å². The van der Waals surface area contributed by atoms with Gasteiger partial charge in [-0.1, -0.05) is 6.92 Å². The molecule has 1 aliphatic carbocycles. The van der Waals surface area contributed by atoms with Crippen LogP contribution in [0, 0.1) is 11.7 Å². The summed E-state index contributed by atoms with van der Waals surface area (Å²) in [6.07, 6.45) is 4.42. The molecule has 0 bridgehead atoms. The molecule has 2 unspecified atom stereocenters. The minimum atomic E-state index is -0.526. The molecule has 3 rings (SSSR count). The summed E-state index contributed by atoms with van der Waals surface area (Å²) in [6.45, 7) is 2.16. The van der Waals surface area contributed by atoms with E-state index in [4.69, 9.17) is 4.74 Å². The molecule has 1 aromatic carbocycles. The Morgan fingerprint density at radius 3 is 3.11 bits per heavy atom. The minimum absolute atomic E-state index is 0.269. The van der Waals surface area contributed by atoms with E-state index in [0.717, 1.165) is 31.2 Å². The molecule has 1 saturated carbocycles. The number of aliphatic hydroxyl groups excluding tert-OH is 1. The van der Waals surface area contributed by atoms with E-state index in [1.54, 1.807) is 6.07 Å². The zero-order valence-corrected chi connectivity index (χ0v) is 10.7. The highest BCUT2D eigenvalue weighted by Crippen LogP contribution is 2.50. The van der Waals surface area contributed by atoms with Crippen LogP contribution in [0.15, 0.2) is 18.2 Å². The fourth-order valence-corrected chi connectivity index (χ4v) is 3.66. The minimum Gasteiger partial charge on any atom is -0.486 e. The fraction of sp³-hybridized carbons (Fsp3) is 0.600. The lowest BCUT2D eigenvalue weighted by atomic mass is 9.80. The summed E-state index contributed by atoms with van der Waals surface area (Å²) in [4.78, 5) is 0. The summed E-state index contributed by atoms with van der Waals surface area (Å²) in [5.74, 6) is 0.710. The first-order chi connectivity index (χ1) is 8.64. The highest BCUT2D eigenvalue weighted by atomic mass is 19.1. The van der Waals surface area contributed by atoms with E-state index < -0.39 is 6.10 Å². The van der Waals surface area contributed by atoms with Gasteiger partial charge in [0.1, 0.15) is 17.2 Å². The maximum atomic E-state index is 13.3. The van der Waals surface area contributed by atoms with E-state index in [9.17, 15) is 9.50 Å². The average molecular weight is 250 g/mol. The van der Waals surface area contributed by atoms with Gasteiger partial charge in [-0.25, -0.2) is 4.39 Å². The van der Waals surface area contributed by atoms with Crippen molar-refractivity contribution >= 4 is 0 Å². The van der Waals surface area contributed by atoms with E-state index >= 15 is 0 Å². The molecule has 1 spiro atoms. The molecule has 3 atom stereocenters. The van der Waals surface area contributed by atoms with Crippen molar-refractivity contribution in [1.82, 2.24) is 0 Å². The van der Waals surface area contributed by atoms with Crippen molar-refractivity contribution in [2.45, 2.75) is 50.7 Å². The highest BCUT2D eigenvalue weighted by Gasteiger charge is 2.48. The summed E-state index contributed by atoms with van der Waals surface area (Å²) in [7, 11) is 0. The molecule has 0 amide bonds. The Kier molecular flexibility index (Phi) is 2.81. The van der Waals surface area contributed by atoms with E-state index in [0.29, 0.717) is 18.1 Å². The number of aliphatic hydroxyl groups is 1. The Bertz CT molecular complexity index is 460. The number of fused-ring (bicyclic) bond motifs is 1. The molecule has 18 heavy (non-hydrogen) atoms. The number of hydrogen-bond donors (Lipinski definition) is 1. The molecule has 2 nitrogen and oxygen atoms in total. The highest BCUT2D eigenvalue weighted by molar-refractivity contribution is 5.39. The third-order valence-corrected chi connectivity index (χ3v) is 4.58. The van der Waals surface area contributed by atoms with Gasteiger partial charge in [-0.2, -0.15) is 0 Å². The SMILES string of the molecule is CCC1CCCC12C[C@H](O)c1ccc(F)cc1O2. The molecular weight excluding hydrogens is 231 g/mol. The van der Waals surface area contributed by atoms with Gasteiger partial charge in [-0.3, -0.25) is 0 Å². The molecule has 3 heteroatoms. The molecule has 1 N–H and O–H groups in total. The van der Waals surface area contributed by atoms with Crippen molar-refractivity contribution in [3.8, 4) is 5.75 Å². The van der Waals surface area contributed by atoms with Crippen molar-refractivity contribution < 1.29 is 14.2 Å². The summed E-state index contributed by atoms with van der Waals surface area (Å²) < 4.78 is 19.4.